The molecule has 0 heterocycles. The van der Waals surface area contributed by atoms with Crippen LogP contribution in [0.1, 0.15) is 13.3 Å². The van der Waals surface area contributed by atoms with E-state index >= 15 is 0 Å². The van der Waals surface area contributed by atoms with Crippen molar-refractivity contribution in [1.29, 1.82) is 0 Å². The Morgan fingerprint density at radius 3 is 2.67 bits per heavy atom. The molecule has 0 aliphatic heterocycles. The Kier molecular flexibility index (Phi) is 4.53. The maximum absolute atomic E-state index is 10.3. The quantitative estimate of drug-likeness (QED) is 0.480. The molecule has 0 spiro atoms. The van der Waals surface area contributed by atoms with Gasteiger partial charge in [-0.25, -0.2) is 0 Å². The van der Waals surface area contributed by atoms with Gasteiger partial charge in [0.15, 0.2) is 0 Å². The van der Waals surface area contributed by atoms with Gasteiger partial charge in [0.25, 0.3) is 0 Å². The number of carbonyl (C=O) groups is 1. The number of Topliss-reactive ketones (excluding diaryl/α,β-unsaturated/α-hetero) is 1. The minimum atomic E-state index is 0.147. The van der Waals surface area contributed by atoms with Crippen molar-refractivity contribution in [3.63, 3.8) is 0 Å². The molecule has 0 bridgehead atoms. The lowest BCUT2D eigenvalue weighted by Crippen LogP contribution is -2.21. The van der Waals surface area contributed by atoms with Crippen LogP contribution in [-0.2, 0) is 17.4 Å². The number of rotatable bonds is 3. The summed E-state index contributed by atoms with van der Waals surface area (Å²) < 4.78 is 0.330. The van der Waals surface area contributed by atoms with E-state index in [2.05, 4.69) is 30.2 Å². The lowest BCUT2D eigenvalue weighted by molar-refractivity contribution is -0.116. The average Bonchev–Trinajstić information content (AvgIpc) is 1.63. The molecule has 0 atom stereocenters. The lowest BCUT2D eigenvalue weighted by Gasteiger charge is -2.06. The number of carbonyl (C=O) groups excluding carboxylic acids is 1. The van der Waals surface area contributed by atoms with Gasteiger partial charge in [-0.3, -0.25) is 4.79 Å². The standard InChI is InChI=1S/C5H9NOS2/c1-4(7)2-3-6-5(8)9/h2-3H2,1H3,(H2,6,8,9)/p-1. The predicted molar refractivity (Wildman–Crippen MR) is 43.3 cm³/mol. The fourth-order valence-corrected chi connectivity index (χ4v) is 0.545. The molecule has 0 saturated heterocycles. The highest BCUT2D eigenvalue weighted by Crippen LogP contribution is 1.77. The Hall–Kier alpha value is -0.220. The van der Waals surface area contributed by atoms with Crippen molar-refractivity contribution in [2.24, 2.45) is 0 Å². The minimum Gasteiger partial charge on any atom is -0.412 e. The van der Waals surface area contributed by atoms with Crippen LogP contribution >= 0.6 is 12.2 Å². The Morgan fingerprint density at radius 1 is 1.78 bits per heavy atom. The summed E-state index contributed by atoms with van der Waals surface area (Å²) in [5.41, 5.74) is 0. The van der Waals surface area contributed by atoms with Gasteiger partial charge < -0.3 is 30.2 Å². The second-order valence-corrected chi connectivity index (χ2v) is 2.74. The molecule has 52 valence electrons. The SMILES string of the molecule is CC(=O)CCNC(=S)[S-]. The zero-order valence-electron chi connectivity index (χ0n) is 5.14. The lowest BCUT2D eigenvalue weighted by atomic mass is 10.3. The first-order chi connectivity index (χ1) is 4.13. The van der Waals surface area contributed by atoms with Crippen LogP contribution in [0.2, 0.25) is 0 Å². The highest BCUT2D eigenvalue weighted by molar-refractivity contribution is 8.00. The van der Waals surface area contributed by atoms with Crippen molar-refractivity contribution in [1.82, 2.24) is 5.32 Å². The van der Waals surface area contributed by atoms with E-state index in [4.69, 9.17) is 0 Å². The van der Waals surface area contributed by atoms with E-state index in [1.165, 1.54) is 6.92 Å². The van der Waals surface area contributed by atoms with Crippen LogP contribution in [0.25, 0.3) is 0 Å². The Morgan fingerprint density at radius 2 is 2.33 bits per heavy atom. The van der Waals surface area contributed by atoms with Crippen LogP contribution in [0.5, 0.6) is 0 Å². The third-order valence-electron chi connectivity index (χ3n) is 0.746. The largest absolute Gasteiger partial charge is 0.412 e. The Labute approximate surface area is 65.4 Å². The molecule has 4 heteroatoms. The summed E-state index contributed by atoms with van der Waals surface area (Å²) in [6.07, 6.45) is 0.497. The summed E-state index contributed by atoms with van der Waals surface area (Å²) in [5, 5.41) is 2.70. The summed E-state index contributed by atoms with van der Waals surface area (Å²) in [6, 6.07) is 0. The molecule has 0 aliphatic rings. The second kappa shape index (κ2) is 4.64. The Balaban J connectivity index is 3.10. The molecule has 0 radical (unpaired) electrons. The molecule has 0 aromatic carbocycles. The fourth-order valence-electron chi connectivity index (χ4n) is 0.341. The fraction of sp³-hybridized carbons (Fsp3) is 0.600. The molecule has 0 aromatic heterocycles. The predicted octanol–water partition coefficient (Wildman–Crippen LogP) is 0.387. The molecule has 0 aromatic rings. The summed E-state index contributed by atoms with van der Waals surface area (Å²) in [6.45, 7) is 2.10. The van der Waals surface area contributed by atoms with E-state index in [1.54, 1.807) is 0 Å². The third-order valence-corrected chi connectivity index (χ3v) is 1.04. The van der Waals surface area contributed by atoms with Crippen molar-refractivity contribution < 1.29 is 4.79 Å². The van der Waals surface area contributed by atoms with Crippen LogP contribution in [-0.4, -0.2) is 16.6 Å². The summed E-state index contributed by atoms with van der Waals surface area (Å²) in [5.74, 6) is 0.147. The molecule has 2 nitrogen and oxygen atoms in total. The summed E-state index contributed by atoms with van der Waals surface area (Å²) in [4.78, 5) is 10.3. The highest BCUT2D eigenvalue weighted by atomic mass is 32.1. The number of ketones is 1. The van der Waals surface area contributed by atoms with Gasteiger partial charge in [-0.05, 0) is 6.92 Å². The molecule has 9 heavy (non-hydrogen) atoms. The Bertz CT molecular complexity index is 110. The smallest absolute Gasteiger partial charge is 0.131 e. The van der Waals surface area contributed by atoms with E-state index in [-0.39, 0.29) is 5.78 Å². The van der Waals surface area contributed by atoms with Crippen molar-refractivity contribution >= 4 is 35.0 Å². The van der Waals surface area contributed by atoms with Crippen LogP contribution in [0, 0.1) is 0 Å². The zero-order chi connectivity index (χ0) is 7.28. The highest BCUT2D eigenvalue weighted by Gasteiger charge is 1.88. The van der Waals surface area contributed by atoms with Crippen LogP contribution in [0.15, 0.2) is 0 Å². The molecule has 0 saturated carbocycles. The van der Waals surface area contributed by atoms with Crippen molar-refractivity contribution in [3.8, 4) is 0 Å². The van der Waals surface area contributed by atoms with Crippen LogP contribution < -0.4 is 5.32 Å². The van der Waals surface area contributed by atoms with E-state index < -0.39 is 0 Å². The monoisotopic (exact) mass is 162 g/mol. The van der Waals surface area contributed by atoms with Gasteiger partial charge >= 0.3 is 0 Å². The maximum Gasteiger partial charge on any atom is 0.131 e. The number of hydrogen-bond acceptors (Lipinski definition) is 3. The molecule has 0 rings (SSSR count). The summed E-state index contributed by atoms with van der Waals surface area (Å²) >= 11 is 9.08. The minimum absolute atomic E-state index is 0.147. The van der Waals surface area contributed by atoms with Crippen molar-refractivity contribution in [3.05, 3.63) is 0 Å². The number of hydrogen-bond donors (Lipinski definition) is 1. The van der Waals surface area contributed by atoms with E-state index in [1.807, 2.05) is 0 Å². The van der Waals surface area contributed by atoms with Gasteiger partial charge in [0.1, 0.15) is 5.78 Å². The zero-order valence-corrected chi connectivity index (χ0v) is 6.77. The van der Waals surface area contributed by atoms with Gasteiger partial charge in [0, 0.05) is 13.0 Å². The van der Waals surface area contributed by atoms with E-state index in [0.717, 1.165) is 0 Å². The van der Waals surface area contributed by atoms with Gasteiger partial charge in [-0.2, -0.15) is 0 Å². The second-order valence-electron chi connectivity index (χ2n) is 1.67. The molecule has 0 aliphatic carbocycles. The van der Waals surface area contributed by atoms with E-state index in [0.29, 0.717) is 17.3 Å². The van der Waals surface area contributed by atoms with Gasteiger partial charge in [-0.1, -0.05) is 4.32 Å². The first-order valence-corrected chi connectivity index (χ1v) is 3.39. The van der Waals surface area contributed by atoms with Crippen molar-refractivity contribution in [2.45, 2.75) is 13.3 Å². The third kappa shape index (κ3) is 7.78. The molecule has 0 fully saturated rings. The normalized spacial score (nSPS) is 8.56. The van der Waals surface area contributed by atoms with Crippen molar-refractivity contribution in [2.75, 3.05) is 6.54 Å². The first-order valence-electron chi connectivity index (χ1n) is 2.57. The number of thiocarbonyl (C=S) groups is 1. The average molecular weight is 162 g/mol. The van der Waals surface area contributed by atoms with Gasteiger partial charge in [0.05, 0.1) is 0 Å². The molecule has 1 N–H and O–H groups in total. The van der Waals surface area contributed by atoms with Gasteiger partial charge in [0.2, 0.25) is 0 Å². The first kappa shape index (κ1) is 8.78. The molecule has 0 unspecified atom stereocenters. The maximum atomic E-state index is 10.3. The molecule has 0 amide bonds. The van der Waals surface area contributed by atoms with Crippen LogP contribution in [0.4, 0.5) is 0 Å². The van der Waals surface area contributed by atoms with Crippen LogP contribution in [0.3, 0.4) is 0 Å². The van der Waals surface area contributed by atoms with E-state index in [9.17, 15) is 4.79 Å². The molecular formula is C5H8NOS2-. The van der Waals surface area contributed by atoms with Gasteiger partial charge in [-0.15, -0.1) is 0 Å². The number of nitrogens with one attached hydrogen (secondary N) is 1. The molecular weight excluding hydrogens is 154 g/mol. The summed E-state index contributed by atoms with van der Waals surface area (Å²) in [7, 11) is 0. The topological polar surface area (TPSA) is 29.1 Å².